The normalized spacial score (nSPS) is 12.6. The van der Waals surface area contributed by atoms with E-state index in [0.717, 1.165) is 42.3 Å². The summed E-state index contributed by atoms with van der Waals surface area (Å²) in [6.45, 7) is 10.9. The Hall–Kier alpha value is -1.32. The Bertz CT molecular complexity index is 401. The van der Waals surface area contributed by atoms with E-state index in [2.05, 4.69) is 55.2 Å². The molecule has 1 heterocycles. The number of nitrogens with one attached hydrogen (secondary N) is 2. The van der Waals surface area contributed by atoms with E-state index in [1.165, 1.54) is 0 Å². The van der Waals surface area contributed by atoms with E-state index in [1.54, 1.807) is 0 Å². The standard InChI is InChI=1S/C15H28N4/c1-7-8-13-18-14(16-6)12(5)15(19-13)17-11(4)9-10(2)3/h10-11H,7-9H2,1-6H3,(H2,16,17,18,19). The maximum Gasteiger partial charge on any atom is 0.134 e. The summed E-state index contributed by atoms with van der Waals surface area (Å²) < 4.78 is 0. The summed E-state index contributed by atoms with van der Waals surface area (Å²) in [5, 5.41) is 6.68. The molecule has 0 aliphatic rings. The molecule has 0 amide bonds. The highest BCUT2D eigenvalue weighted by Crippen LogP contribution is 2.21. The maximum atomic E-state index is 4.66. The van der Waals surface area contributed by atoms with E-state index in [4.69, 9.17) is 0 Å². The SMILES string of the molecule is CCCc1nc(NC)c(C)c(NC(C)CC(C)C)n1. The van der Waals surface area contributed by atoms with Crippen LogP contribution in [0, 0.1) is 12.8 Å². The van der Waals surface area contributed by atoms with Gasteiger partial charge in [-0.1, -0.05) is 20.8 Å². The third-order valence-corrected chi connectivity index (χ3v) is 3.11. The fraction of sp³-hybridized carbons (Fsp3) is 0.733. The zero-order valence-corrected chi connectivity index (χ0v) is 13.2. The molecule has 1 rings (SSSR count). The third kappa shape index (κ3) is 4.69. The van der Waals surface area contributed by atoms with Gasteiger partial charge >= 0.3 is 0 Å². The summed E-state index contributed by atoms with van der Waals surface area (Å²) in [5.74, 6) is 3.49. The molecule has 1 aromatic heterocycles. The molecule has 1 unspecified atom stereocenters. The van der Waals surface area contributed by atoms with E-state index in [1.807, 2.05) is 7.05 Å². The Morgan fingerprint density at radius 1 is 1.11 bits per heavy atom. The van der Waals surface area contributed by atoms with Gasteiger partial charge in [-0.15, -0.1) is 0 Å². The van der Waals surface area contributed by atoms with E-state index >= 15 is 0 Å². The highest BCUT2D eigenvalue weighted by Gasteiger charge is 2.12. The van der Waals surface area contributed by atoms with Crippen LogP contribution in [0.25, 0.3) is 0 Å². The zero-order chi connectivity index (χ0) is 14.4. The second-order valence-corrected chi connectivity index (χ2v) is 5.64. The van der Waals surface area contributed by atoms with Gasteiger partial charge in [-0.3, -0.25) is 0 Å². The smallest absolute Gasteiger partial charge is 0.134 e. The Kier molecular flexibility index (Phi) is 6.06. The molecule has 0 aliphatic carbocycles. The van der Waals surface area contributed by atoms with Crippen LogP contribution < -0.4 is 10.6 Å². The Labute approximate surface area is 117 Å². The minimum absolute atomic E-state index is 0.424. The monoisotopic (exact) mass is 264 g/mol. The molecule has 0 saturated heterocycles. The Balaban J connectivity index is 2.94. The van der Waals surface area contributed by atoms with Crippen molar-refractivity contribution in [2.24, 2.45) is 5.92 Å². The van der Waals surface area contributed by atoms with Gasteiger partial charge in [0.1, 0.15) is 17.5 Å². The first-order chi connectivity index (χ1) is 8.97. The van der Waals surface area contributed by atoms with Gasteiger partial charge < -0.3 is 10.6 Å². The zero-order valence-electron chi connectivity index (χ0n) is 13.2. The summed E-state index contributed by atoms with van der Waals surface area (Å²) in [4.78, 5) is 9.20. The van der Waals surface area contributed by atoms with Gasteiger partial charge in [0.2, 0.25) is 0 Å². The lowest BCUT2D eigenvalue weighted by molar-refractivity contribution is 0.538. The van der Waals surface area contributed by atoms with Crippen LogP contribution in [0.15, 0.2) is 0 Å². The fourth-order valence-electron chi connectivity index (χ4n) is 2.28. The van der Waals surface area contributed by atoms with Crippen molar-refractivity contribution in [2.75, 3.05) is 17.7 Å². The first-order valence-corrected chi connectivity index (χ1v) is 7.29. The molecular formula is C15H28N4. The van der Waals surface area contributed by atoms with E-state index in [-0.39, 0.29) is 0 Å². The van der Waals surface area contributed by atoms with Crippen LogP contribution in [0.1, 0.15) is 51.9 Å². The van der Waals surface area contributed by atoms with E-state index in [0.29, 0.717) is 12.0 Å². The number of nitrogens with zero attached hydrogens (tertiary/aromatic N) is 2. The molecule has 0 fully saturated rings. The van der Waals surface area contributed by atoms with Crippen LogP contribution in [0.5, 0.6) is 0 Å². The molecule has 0 aromatic carbocycles. The van der Waals surface area contributed by atoms with Crippen molar-refractivity contribution in [2.45, 2.75) is 59.9 Å². The van der Waals surface area contributed by atoms with Crippen LogP contribution in [-0.2, 0) is 6.42 Å². The van der Waals surface area contributed by atoms with Crippen molar-refractivity contribution >= 4 is 11.6 Å². The van der Waals surface area contributed by atoms with E-state index in [9.17, 15) is 0 Å². The molecule has 0 bridgehead atoms. The van der Waals surface area contributed by atoms with Crippen molar-refractivity contribution < 1.29 is 0 Å². The molecule has 19 heavy (non-hydrogen) atoms. The highest BCUT2D eigenvalue weighted by atomic mass is 15.1. The molecule has 1 atom stereocenters. The molecule has 1 aromatic rings. The Morgan fingerprint density at radius 3 is 2.26 bits per heavy atom. The van der Waals surface area contributed by atoms with Crippen molar-refractivity contribution in [1.29, 1.82) is 0 Å². The molecule has 2 N–H and O–H groups in total. The second kappa shape index (κ2) is 7.31. The van der Waals surface area contributed by atoms with Crippen molar-refractivity contribution in [3.8, 4) is 0 Å². The minimum Gasteiger partial charge on any atom is -0.373 e. The van der Waals surface area contributed by atoms with Gasteiger partial charge in [-0.2, -0.15) is 0 Å². The predicted molar refractivity (Wildman–Crippen MR) is 82.9 cm³/mol. The largest absolute Gasteiger partial charge is 0.373 e. The van der Waals surface area contributed by atoms with Crippen LogP contribution in [-0.4, -0.2) is 23.1 Å². The molecule has 4 heteroatoms. The fourth-order valence-corrected chi connectivity index (χ4v) is 2.28. The number of aromatic nitrogens is 2. The third-order valence-electron chi connectivity index (χ3n) is 3.11. The van der Waals surface area contributed by atoms with Crippen LogP contribution in [0.3, 0.4) is 0 Å². The molecule has 4 nitrogen and oxygen atoms in total. The van der Waals surface area contributed by atoms with Crippen LogP contribution in [0.4, 0.5) is 11.6 Å². The number of hydrogen-bond donors (Lipinski definition) is 2. The Morgan fingerprint density at radius 2 is 1.74 bits per heavy atom. The molecule has 0 spiro atoms. The number of hydrogen-bond acceptors (Lipinski definition) is 4. The van der Waals surface area contributed by atoms with E-state index < -0.39 is 0 Å². The summed E-state index contributed by atoms with van der Waals surface area (Å²) in [6.07, 6.45) is 3.12. The lowest BCUT2D eigenvalue weighted by atomic mass is 10.1. The number of rotatable bonds is 7. The molecular weight excluding hydrogens is 236 g/mol. The highest BCUT2D eigenvalue weighted by molar-refractivity contribution is 5.57. The average Bonchev–Trinajstić information content (AvgIpc) is 2.32. The molecule has 0 aliphatic heterocycles. The lowest BCUT2D eigenvalue weighted by Gasteiger charge is -2.19. The lowest BCUT2D eigenvalue weighted by Crippen LogP contribution is -2.20. The molecule has 108 valence electrons. The average molecular weight is 264 g/mol. The van der Waals surface area contributed by atoms with Gasteiger partial charge in [0, 0.05) is 25.1 Å². The number of anilines is 2. The predicted octanol–water partition coefficient (Wildman–Crippen LogP) is 3.63. The topological polar surface area (TPSA) is 49.8 Å². The summed E-state index contributed by atoms with van der Waals surface area (Å²) in [6, 6.07) is 0.424. The van der Waals surface area contributed by atoms with Gasteiger partial charge in [0.15, 0.2) is 0 Å². The van der Waals surface area contributed by atoms with Gasteiger partial charge in [-0.25, -0.2) is 9.97 Å². The second-order valence-electron chi connectivity index (χ2n) is 5.64. The van der Waals surface area contributed by atoms with Crippen LogP contribution in [0.2, 0.25) is 0 Å². The van der Waals surface area contributed by atoms with Crippen molar-refractivity contribution in [3.05, 3.63) is 11.4 Å². The van der Waals surface area contributed by atoms with Crippen molar-refractivity contribution in [3.63, 3.8) is 0 Å². The van der Waals surface area contributed by atoms with Gasteiger partial charge in [-0.05, 0) is 32.6 Å². The number of aryl methyl sites for hydroxylation is 1. The molecule has 0 saturated carbocycles. The quantitative estimate of drug-likeness (QED) is 0.789. The summed E-state index contributed by atoms with van der Waals surface area (Å²) in [5.41, 5.74) is 1.10. The minimum atomic E-state index is 0.424. The maximum absolute atomic E-state index is 4.66. The first kappa shape index (κ1) is 15.7. The van der Waals surface area contributed by atoms with Gasteiger partial charge in [0.25, 0.3) is 0 Å². The van der Waals surface area contributed by atoms with Crippen LogP contribution >= 0.6 is 0 Å². The first-order valence-electron chi connectivity index (χ1n) is 7.29. The molecule has 0 radical (unpaired) electrons. The van der Waals surface area contributed by atoms with Gasteiger partial charge in [0.05, 0.1) is 0 Å². The summed E-state index contributed by atoms with van der Waals surface area (Å²) in [7, 11) is 1.91. The summed E-state index contributed by atoms with van der Waals surface area (Å²) >= 11 is 0. The van der Waals surface area contributed by atoms with Crippen molar-refractivity contribution in [1.82, 2.24) is 9.97 Å².